The van der Waals surface area contributed by atoms with Crippen LogP contribution >= 0.6 is 11.3 Å². The number of thiophene rings is 1. The van der Waals surface area contributed by atoms with Gasteiger partial charge in [0.25, 0.3) is 0 Å². The first-order chi connectivity index (χ1) is 13.4. The molecule has 150 valence electrons. The predicted molar refractivity (Wildman–Crippen MR) is 109 cm³/mol. The Kier molecular flexibility index (Phi) is 6.56. The van der Waals surface area contributed by atoms with E-state index in [-0.39, 0.29) is 23.7 Å². The molecule has 0 unspecified atom stereocenters. The summed E-state index contributed by atoms with van der Waals surface area (Å²) >= 11 is 1.18. The van der Waals surface area contributed by atoms with Crippen LogP contribution in [0.3, 0.4) is 0 Å². The van der Waals surface area contributed by atoms with E-state index in [0.717, 1.165) is 25.7 Å². The van der Waals surface area contributed by atoms with Crippen molar-refractivity contribution in [2.45, 2.75) is 64.3 Å². The molecule has 2 saturated carbocycles. The van der Waals surface area contributed by atoms with E-state index >= 15 is 0 Å². The highest BCUT2D eigenvalue weighted by molar-refractivity contribution is 7.15. The average molecular weight is 402 g/mol. The number of carbonyl (C=O) groups excluding carboxylic acids is 3. The summed E-state index contributed by atoms with van der Waals surface area (Å²) in [5.41, 5.74) is 0.549. The molecule has 0 N–H and O–H groups in total. The van der Waals surface area contributed by atoms with Crippen molar-refractivity contribution >= 4 is 34.7 Å². The molecule has 1 aromatic rings. The minimum Gasteiger partial charge on any atom is -0.465 e. The lowest BCUT2D eigenvalue weighted by molar-refractivity contribution is -0.125. The number of terminal acetylenes is 1. The summed E-state index contributed by atoms with van der Waals surface area (Å²) in [6.45, 7) is 2.22. The monoisotopic (exact) mass is 401 g/mol. The third-order valence-electron chi connectivity index (χ3n) is 5.97. The smallest absolute Gasteiger partial charge is 0.350 e. The van der Waals surface area contributed by atoms with Gasteiger partial charge < -0.3 is 9.64 Å². The number of amides is 1. The third-order valence-corrected chi connectivity index (χ3v) is 7.00. The Balaban J connectivity index is 1.98. The Morgan fingerprint density at radius 3 is 2.39 bits per heavy atom. The molecule has 0 saturated heterocycles. The van der Waals surface area contributed by atoms with Crippen LogP contribution in [0.4, 0.5) is 5.69 Å². The quantitative estimate of drug-likeness (QED) is 0.561. The normalized spacial score (nSPS) is 23.1. The maximum atomic E-state index is 13.6. The van der Waals surface area contributed by atoms with Crippen LogP contribution in [0, 0.1) is 24.2 Å². The highest BCUT2D eigenvalue weighted by atomic mass is 32.1. The fraction of sp³-hybridized carbons (Fsp3) is 0.591. The molecule has 3 rings (SSSR count). The molecule has 1 aromatic heterocycles. The molecule has 0 aliphatic heterocycles. The number of anilines is 1. The highest BCUT2D eigenvalue weighted by Crippen LogP contribution is 2.38. The van der Waals surface area contributed by atoms with Gasteiger partial charge >= 0.3 is 5.97 Å². The first kappa shape index (κ1) is 20.6. The number of esters is 1. The third kappa shape index (κ3) is 4.30. The zero-order valence-corrected chi connectivity index (χ0v) is 17.3. The van der Waals surface area contributed by atoms with Crippen LogP contribution in [0.2, 0.25) is 0 Å². The van der Waals surface area contributed by atoms with Crippen molar-refractivity contribution in [3.8, 4) is 12.3 Å². The van der Waals surface area contributed by atoms with Crippen LogP contribution in [0.5, 0.6) is 0 Å². The van der Waals surface area contributed by atoms with Crippen molar-refractivity contribution in [3.05, 3.63) is 15.8 Å². The summed E-state index contributed by atoms with van der Waals surface area (Å²) in [4.78, 5) is 40.4. The molecule has 0 bridgehead atoms. The first-order valence-corrected chi connectivity index (χ1v) is 10.8. The minimum atomic E-state index is -0.483. The van der Waals surface area contributed by atoms with Crippen molar-refractivity contribution in [1.29, 1.82) is 0 Å². The number of methoxy groups -OCH3 is 1. The van der Waals surface area contributed by atoms with Gasteiger partial charge in [0, 0.05) is 24.8 Å². The Bertz CT molecular complexity index is 788. The largest absolute Gasteiger partial charge is 0.465 e. The van der Waals surface area contributed by atoms with E-state index in [1.165, 1.54) is 18.4 Å². The van der Waals surface area contributed by atoms with Gasteiger partial charge in [-0.15, -0.1) is 17.8 Å². The second-order valence-electron chi connectivity index (χ2n) is 7.90. The highest BCUT2D eigenvalue weighted by Gasteiger charge is 2.37. The Hall–Kier alpha value is -2.13. The van der Waals surface area contributed by atoms with E-state index in [4.69, 9.17) is 11.2 Å². The molecule has 0 radical (unpaired) electrons. The van der Waals surface area contributed by atoms with Crippen LogP contribution in [-0.4, -0.2) is 30.8 Å². The first-order valence-electron chi connectivity index (χ1n) is 9.98. The van der Waals surface area contributed by atoms with Gasteiger partial charge in [-0.25, -0.2) is 4.79 Å². The van der Waals surface area contributed by atoms with Gasteiger partial charge in [-0.1, -0.05) is 12.8 Å². The molecule has 0 spiro atoms. The molecular formula is C22H27NO4S. The van der Waals surface area contributed by atoms with Gasteiger partial charge in [-0.3, -0.25) is 9.59 Å². The second kappa shape index (κ2) is 8.91. The summed E-state index contributed by atoms with van der Waals surface area (Å²) < 4.78 is 4.94. The van der Waals surface area contributed by atoms with Gasteiger partial charge in [0.2, 0.25) is 5.91 Å². The molecule has 2 fully saturated rings. The van der Waals surface area contributed by atoms with E-state index < -0.39 is 5.97 Å². The molecule has 28 heavy (non-hydrogen) atoms. The Morgan fingerprint density at radius 1 is 1.18 bits per heavy atom. The number of carbonyl (C=O) groups is 3. The lowest BCUT2D eigenvalue weighted by atomic mass is 9.81. The van der Waals surface area contributed by atoms with Crippen LogP contribution in [0.15, 0.2) is 6.07 Å². The summed E-state index contributed by atoms with van der Waals surface area (Å²) in [6.07, 6.45) is 11.5. The number of hydrogen-bond acceptors (Lipinski definition) is 5. The molecule has 0 aromatic carbocycles. The van der Waals surface area contributed by atoms with Crippen LogP contribution in [0.25, 0.3) is 0 Å². The molecule has 2 aliphatic carbocycles. The molecule has 5 nitrogen and oxygen atoms in total. The summed E-state index contributed by atoms with van der Waals surface area (Å²) in [6, 6.07) is 1.66. The average Bonchev–Trinajstić information content (AvgIpc) is 3.13. The summed E-state index contributed by atoms with van der Waals surface area (Å²) in [7, 11) is 1.33. The Labute approximate surface area is 170 Å². The van der Waals surface area contributed by atoms with Crippen molar-refractivity contribution in [2.24, 2.45) is 11.8 Å². The molecule has 2 aliphatic rings. The lowest BCUT2D eigenvalue weighted by Gasteiger charge is -2.37. The molecular weight excluding hydrogens is 374 g/mol. The zero-order valence-electron chi connectivity index (χ0n) is 16.5. The van der Waals surface area contributed by atoms with Gasteiger partial charge in [-0.2, -0.15) is 0 Å². The van der Waals surface area contributed by atoms with Gasteiger partial charge in [-0.05, 0) is 50.5 Å². The standard InChI is InChI=1S/C22H27NO4S/c1-4-18-13-19(20(28-18)22(26)27-3)23(16-9-11-17(24)12-10-16)21(25)15-7-5-14(2)6-8-15/h1,13-16H,5-12H2,2-3H3. The van der Waals surface area contributed by atoms with Crippen LogP contribution < -0.4 is 4.90 Å². The number of nitrogens with zero attached hydrogens (tertiary/aromatic N) is 1. The number of ether oxygens (including phenoxy) is 1. The summed E-state index contributed by atoms with van der Waals surface area (Å²) in [5, 5.41) is 0. The van der Waals surface area contributed by atoms with Gasteiger partial charge in [0.1, 0.15) is 10.7 Å². The van der Waals surface area contributed by atoms with Gasteiger partial charge in [0.05, 0.1) is 17.7 Å². The SMILES string of the molecule is C#Cc1cc(N(C(=O)C2CCC(C)CC2)C2CCC(=O)CC2)c(C(=O)OC)s1. The fourth-order valence-corrected chi connectivity index (χ4v) is 5.13. The summed E-state index contributed by atoms with van der Waals surface area (Å²) in [5.74, 6) is 2.97. The fourth-order valence-electron chi connectivity index (χ4n) is 4.25. The van der Waals surface area contributed by atoms with E-state index in [1.54, 1.807) is 11.0 Å². The van der Waals surface area contributed by atoms with Crippen LogP contribution in [-0.2, 0) is 14.3 Å². The van der Waals surface area contributed by atoms with Gasteiger partial charge in [0.15, 0.2) is 0 Å². The molecule has 1 amide bonds. The molecule has 6 heteroatoms. The van der Waals surface area contributed by atoms with Crippen LogP contribution in [0.1, 0.15) is 72.8 Å². The molecule has 1 heterocycles. The molecule has 0 atom stereocenters. The van der Waals surface area contributed by atoms with E-state index in [0.29, 0.717) is 47.0 Å². The lowest BCUT2D eigenvalue weighted by Crippen LogP contribution is -2.46. The van der Waals surface area contributed by atoms with E-state index in [2.05, 4.69) is 12.8 Å². The zero-order chi connectivity index (χ0) is 20.3. The number of Topliss-reactive ketones (excluding diaryl/α,β-unsaturated/α-hetero) is 1. The van der Waals surface area contributed by atoms with E-state index in [9.17, 15) is 14.4 Å². The van der Waals surface area contributed by atoms with Crippen molar-refractivity contribution < 1.29 is 19.1 Å². The Morgan fingerprint density at radius 2 is 1.82 bits per heavy atom. The van der Waals surface area contributed by atoms with E-state index in [1.807, 2.05) is 0 Å². The second-order valence-corrected chi connectivity index (χ2v) is 8.95. The maximum absolute atomic E-state index is 13.6. The van der Waals surface area contributed by atoms with Crippen molar-refractivity contribution in [1.82, 2.24) is 0 Å². The maximum Gasteiger partial charge on any atom is 0.350 e. The van der Waals surface area contributed by atoms with Crippen molar-refractivity contribution in [3.63, 3.8) is 0 Å². The topological polar surface area (TPSA) is 63.7 Å². The number of ketones is 1. The predicted octanol–water partition coefficient (Wildman–Crippen LogP) is 4.19. The minimum absolute atomic E-state index is 0.0477. The van der Waals surface area contributed by atoms with Crippen molar-refractivity contribution in [2.75, 3.05) is 12.0 Å². The number of hydrogen-bond donors (Lipinski definition) is 0. The number of rotatable bonds is 4.